The van der Waals surface area contributed by atoms with Gasteiger partial charge in [0.25, 0.3) is 10.0 Å². The van der Waals surface area contributed by atoms with Gasteiger partial charge >= 0.3 is 5.97 Å². The Hall–Kier alpha value is -1.86. The normalized spacial score (nSPS) is 11.3. The van der Waals surface area contributed by atoms with Gasteiger partial charge in [0.15, 0.2) is 0 Å². The van der Waals surface area contributed by atoms with Crippen molar-refractivity contribution in [3.63, 3.8) is 0 Å². The van der Waals surface area contributed by atoms with Crippen molar-refractivity contribution in [2.75, 3.05) is 11.4 Å². The number of benzene rings is 1. The molecule has 1 aromatic heterocycles. The number of carboxylic acids is 1. The van der Waals surface area contributed by atoms with Gasteiger partial charge in [0.2, 0.25) is 0 Å². The Morgan fingerprint density at radius 3 is 2.60 bits per heavy atom. The topological polar surface area (TPSA) is 74.7 Å². The Kier molecular flexibility index (Phi) is 3.82. The van der Waals surface area contributed by atoms with E-state index in [-0.39, 0.29) is 9.77 Å². The van der Waals surface area contributed by atoms with Gasteiger partial charge < -0.3 is 5.11 Å². The Labute approximate surface area is 121 Å². The minimum Gasteiger partial charge on any atom is -0.477 e. The van der Waals surface area contributed by atoms with Crippen LogP contribution in [-0.2, 0) is 10.0 Å². The molecule has 0 atom stereocenters. The summed E-state index contributed by atoms with van der Waals surface area (Å²) in [7, 11) is -2.47. The van der Waals surface area contributed by atoms with Gasteiger partial charge in [-0.15, -0.1) is 11.3 Å². The number of hydrogen-bond acceptors (Lipinski definition) is 4. The van der Waals surface area contributed by atoms with Gasteiger partial charge in [-0.1, -0.05) is 12.1 Å². The summed E-state index contributed by atoms with van der Waals surface area (Å²) < 4.78 is 26.1. The van der Waals surface area contributed by atoms with Crippen LogP contribution in [0.25, 0.3) is 0 Å². The zero-order valence-electron chi connectivity index (χ0n) is 10.9. The largest absolute Gasteiger partial charge is 0.477 e. The molecule has 1 N–H and O–H groups in total. The molecule has 1 aromatic carbocycles. The predicted molar refractivity (Wildman–Crippen MR) is 78.0 cm³/mol. The average molecular weight is 311 g/mol. The van der Waals surface area contributed by atoms with Gasteiger partial charge in [-0.25, -0.2) is 13.2 Å². The number of thiophene rings is 1. The molecule has 0 saturated heterocycles. The van der Waals surface area contributed by atoms with Gasteiger partial charge in [-0.2, -0.15) is 0 Å². The summed E-state index contributed by atoms with van der Waals surface area (Å²) in [5.41, 5.74) is 1.42. The number of anilines is 1. The van der Waals surface area contributed by atoms with E-state index in [9.17, 15) is 13.2 Å². The van der Waals surface area contributed by atoms with E-state index in [0.717, 1.165) is 21.2 Å². The minimum absolute atomic E-state index is 0.176. The van der Waals surface area contributed by atoms with Crippen LogP contribution < -0.4 is 4.31 Å². The maximum atomic E-state index is 12.5. The van der Waals surface area contributed by atoms with Crippen LogP contribution in [0.2, 0.25) is 0 Å². The first-order valence-corrected chi connectivity index (χ1v) is 8.02. The van der Waals surface area contributed by atoms with Gasteiger partial charge in [-0.05, 0) is 36.1 Å². The Balaban J connectivity index is 2.50. The molecular formula is C13H13NO4S2. The van der Waals surface area contributed by atoms with Crippen LogP contribution in [0.4, 0.5) is 5.69 Å². The Morgan fingerprint density at radius 2 is 2.00 bits per heavy atom. The highest BCUT2D eigenvalue weighted by Crippen LogP contribution is 2.28. The predicted octanol–water partition coefficient (Wildman–Crippen LogP) is 2.58. The maximum Gasteiger partial charge on any atom is 0.347 e. The van der Waals surface area contributed by atoms with Crippen LogP contribution in [0, 0.1) is 6.92 Å². The SMILES string of the molecule is Cc1cccc(N(C)S(=O)(=O)c2ccsc2C(=O)O)c1. The number of sulfonamides is 1. The number of nitrogens with zero attached hydrogens (tertiary/aromatic N) is 1. The first-order chi connectivity index (χ1) is 9.34. The monoisotopic (exact) mass is 311 g/mol. The van der Waals surface area contributed by atoms with Crippen LogP contribution >= 0.6 is 11.3 Å². The summed E-state index contributed by atoms with van der Waals surface area (Å²) in [4.78, 5) is 10.7. The lowest BCUT2D eigenvalue weighted by Gasteiger charge is -2.19. The van der Waals surface area contributed by atoms with Crippen LogP contribution in [0.1, 0.15) is 15.2 Å². The zero-order chi connectivity index (χ0) is 14.9. The van der Waals surface area contributed by atoms with Crippen LogP contribution in [-0.4, -0.2) is 26.5 Å². The third-order valence-electron chi connectivity index (χ3n) is 2.83. The van der Waals surface area contributed by atoms with E-state index in [1.165, 1.54) is 18.5 Å². The van der Waals surface area contributed by atoms with Gasteiger partial charge in [0, 0.05) is 7.05 Å². The van der Waals surface area contributed by atoms with Crippen molar-refractivity contribution in [1.29, 1.82) is 0 Å². The molecule has 2 aromatic rings. The summed E-state index contributed by atoms with van der Waals surface area (Å²) >= 11 is 0.895. The molecule has 1 heterocycles. The van der Waals surface area contributed by atoms with E-state index in [4.69, 9.17) is 5.11 Å². The molecule has 0 spiro atoms. The third kappa shape index (κ3) is 2.54. The van der Waals surface area contributed by atoms with Crippen molar-refractivity contribution >= 4 is 33.0 Å². The lowest BCUT2D eigenvalue weighted by Crippen LogP contribution is -2.27. The lowest BCUT2D eigenvalue weighted by molar-refractivity contribution is 0.0698. The molecule has 0 radical (unpaired) electrons. The number of aromatic carboxylic acids is 1. The Bertz CT molecular complexity index is 749. The van der Waals surface area contributed by atoms with Crippen molar-refractivity contribution in [2.45, 2.75) is 11.8 Å². The molecule has 0 fully saturated rings. The Morgan fingerprint density at radius 1 is 1.30 bits per heavy atom. The van der Waals surface area contributed by atoms with Crippen LogP contribution in [0.3, 0.4) is 0 Å². The summed E-state index contributed by atoms with van der Waals surface area (Å²) in [5.74, 6) is -1.24. The van der Waals surface area contributed by atoms with Crippen molar-refractivity contribution in [2.24, 2.45) is 0 Å². The highest BCUT2D eigenvalue weighted by atomic mass is 32.2. The minimum atomic E-state index is -3.88. The van der Waals surface area contributed by atoms with Crippen molar-refractivity contribution in [3.8, 4) is 0 Å². The second kappa shape index (κ2) is 5.26. The molecule has 2 rings (SSSR count). The molecule has 7 heteroatoms. The lowest BCUT2D eigenvalue weighted by atomic mass is 10.2. The van der Waals surface area contributed by atoms with E-state index >= 15 is 0 Å². The molecule has 0 aliphatic rings. The number of rotatable bonds is 4. The van der Waals surface area contributed by atoms with Gasteiger partial charge in [0.05, 0.1) is 5.69 Å². The molecule has 5 nitrogen and oxygen atoms in total. The second-order valence-corrected chi connectivity index (χ2v) is 7.08. The summed E-state index contributed by atoms with van der Waals surface area (Å²) in [6.45, 7) is 1.86. The molecule has 106 valence electrons. The van der Waals surface area contributed by atoms with Gasteiger partial charge in [-0.3, -0.25) is 4.31 Å². The fraction of sp³-hybridized carbons (Fsp3) is 0.154. The first kappa shape index (κ1) is 14.5. The summed E-state index contributed by atoms with van der Waals surface area (Å²) in [6.07, 6.45) is 0. The fourth-order valence-electron chi connectivity index (χ4n) is 1.77. The summed E-state index contributed by atoms with van der Waals surface area (Å²) in [6, 6.07) is 8.32. The molecule has 0 aliphatic heterocycles. The number of aryl methyl sites for hydroxylation is 1. The van der Waals surface area contributed by atoms with E-state index in [1.807, 2.05) is 13.0 Å². The van der Waals surface area contributed by atoms with E-state index in [1.54, 1.807) is 18.2 Å². The third-order valence-corrected chi connectivity index (χ3v) is 5.69. The molecule has 0 bridgehead atoms. The van der Waals surface area contributed by atoms with Crippen molar-refractivity contribution in [1.82, 2.24) is 0 Å². The van der Waals surface area contributed by atoms with E-state index in [2.05, 4.69) is 0 Å². The van der Waals surface area contributed by atoms with Crippen molar-refractivity contribution < 1.29 is 18.3 Å². The quantitative estimate of drug-likeness (QED) is 0.941. The van der Waals surface area contributed by atoms with E-state index < -0.39 is 16.0 Å². The fourth-order valence-corrected chi connectivity index (χ4v) is 4.19. The summed E-state index contributed by atoms with van der Waals surface area (Å²) in [5, 5.41) is 10.5. The molecule has 0 amide bonds. The number of carbonyl (C=O) groups is 1. The van der Waals surface area contributed by atoms with Crippen LogP contribution in [0.5, 0.6) is 0 Å². The zero-order valence-corrected chi connectivity index (χ0v) is 12.5. The standard InChI is InChI=1S/C13H13NO4S2/c1-9-4-3-5-10(8-9)14(2)20(17,18)11-6-7-19-12(11)13(15)16/h3-8H,1-2H3,(H,15,16). The first-order valence-electron chi connectivity index (χ1n) is 5.70. The highest BCUT2D eigenvalue weighted by molar-refractivity contribution is 7.93. The molecule has 0 unspecified atom stereocenters. The van der Waals surface area contributed by atoms with Crippen LogP contribution in [0.15, 0.2) is 40.6 Å². The highest BCUT2D eigenvalue weighted by Gasteiger charge is 2.28. The molecule has 0 aliphatic carbocycles. The van der Waals surface area contributed by atoms with Gasteiger partial charge in [0.1, 0.15) is 9.77 Å². The smallest absolute Gasteiger partial charge is 0.347 e. The average Bonchev–Trinajstić information content (AvgIpc) is 2.87. The van der Waals surface area contributed by atoms with E-state index in [0.29, 0.717) is 5.69 Å². The molecular weight excluding hydrogens is 298 g/mol. The molecule has 20 heavy (non-hydrogen) atoms. The maximum absolute atomic E-state index is 12.5. The number of carboxylic acid groups (broad SMARTS) is 1. The second-order valence-electron chi connectivity index (χ2n) is 4.23. The molecule has 0 saturated carbocycles. The van der Waals surface area contributed by atoms with Crippen molar-refractivity contribution in [3.05, 3.63) is 46.2 Å². The number of hydrogen-bond donors (Lipinski definition) is 1.